The van der Waals surface area contributed by atoms with Crippen LogP contribution in [0.1, 0.15) is 53.0 Å². The first-order valence-electron chi connectivity index (χ1n) is 9.65. The molecule has 5 nitrogen and oxygen atoms in total. The minimum Gasteiger partial charge on any atom is -0.488 e. The van der Waals surface area contributed by atoms with E-state index in [4.69, 9.17) is 14.2 Å². The normalized spacial score (nSPS) is 16.3. The molecule has 146 valence electrons. The van der Waals surface area contributed by atoms with Gasteiger partial charge in [-0.2, -0.15) is 0 Å². The van der Waals surface area contributed by atoms with E-state index in [0.717, 1.165) is 50.2 Å². The average Bonchev–Trinajstić information content (AvgIpc) is 2.96. The van der Waals surface area contributed by atoms with Crippen LogP contribution in [0.15, 0.2) is 18.2 Å². The Morgan fingerprint density at radius 3 is 2.54 bits per heavy atom. The van der Waals surface area contributed by atoms with Gasteiger partial charge >= 0.3 is 5.97 Å². The molecule has 0 bridgehead atoms. The number of carbonyl (C=O) groups excluding carboxylic acids is 1. The van der Waals surface area contributed by atoms with Gasteiger partial charge in [0.1, 0.15) is 17.6 Å². The van der Waals surface area contributed by atoms with E-state index in [1.54, 1.807) is 0 Å². The van der Waals surface area contributed by atoms with Crippen molar-refractivity contribution in [2.45, 2.75) is 60.0 Å². The Bertz CT molecular complexity index is 588. The maximum absolute atomic E-state index is 11.8. The van der Waals surface area contributed by atoms with Crippen LogP contribution in [0.2, 0.25) is 0 Å². The molecule has 26 heavy (non-hydrogen) atoms. The number of carbonyl (C=O) groups is 1. The zero-order valence-electron chi connectivity index (χ0n) is 16.8. The van der Waals surface area contributed by atoms with E-state index >= 15 is 0 Å². The summed E-state index contributed by atoms with van der Waals surface area (Å²) in [6, 6.07) is 5.80. The fourth-order valence-corrected chi connectivity index (χ4v) is 3.07. The number of hydrogen-bond acceptors (Lipinski definition) is 5. The van der Waals surface area contributed by atoms with E-state index in [2.05, 4.69) is 18.7 Å². The molecule has 1 aliphatic heterocycles. The molecular weight excluding hydrogens is 330 g/mol. The third-order valence-corrected chi connectivity index (χ3v) is 4.34. The third kappa shape index (κ3) is 5.90. The molecule has 0 aromatic heterocycles. The van der Waals surface area contributed by atoms with Crippen molar-refractivity contribution in [3.05, 3.63) is 23.8 Å². The summed E-state index contributed by atoms with van der Waals surface area (Å²) in [6.45, 7) is 13.0. The number of benzene rings is 1. The minimum atomic E-state index is -0.523. The molecule has 1 atom stereocenters. The predicted octanol–water partition coefficient (Wildman–Crippen LogP) is 4.04. The SMILES string of the molecule is CCCN(CCC)CC1Cc2cc(OCOC(=O)C(C)(C)C)ccc2O1. The third-order valence-electron chi connectivity index (χ3n) is 4.34. The minimum absolute atomic E-state index is 0.0695. The lowest BCUT2D eigenvalue weighted by molar-refractivity contribution is -0.159. The highest BCUT2D eigenvalue weighted by Crippen LogP contribution is 2.32. The van der Waals surface area contributed by atoms with Gasteiger partial charge in [0, 0.05) is 18.5 Å². The molecule has 0 saturated heterocycles. The van der Waals surface area contributed by atoms with E-state index < -0.39 is 5.41 Å². The second kappa shape index (κ2) is 9.26. The molecule has 5 heteroatoms. The number of ether oxygens (including phenoxy) is 3. The molecular formula is C21H33NO4. The Morgan fingerprint density at radius 1 is 1.23 bits per heavy atom. The average molecular weight is 363 g/mol. The van der Waals surface area contributed by atoms with Crippen LogP contribution in [0.4, 0.5) is 0 Å². The monoisotopic (exact) mass is 363 g/mol. The Kier molecular flexibility index (Phi) is 7.33. The molecule has 0 N–H and O–H groups in total. The maximum Gasteiger partial charge on any atom is 0.314 e. The number of esters is 1. The molecule has 0 spiro atoms. The van der Waals surface area contributed by atoms with Crippen LogP contribution in [0.5, 0.6) is 11.5 Å². The molecule has 1 heterocycles. The van der Waals surface area contributed by atoms with Crippen molar-refractivity contribution < 1.29 is 19.0 Å². The topological polar surface area (TPSA) is 48.0 Å². The van der Waals surface area contributed by atoms with E-state index in [-0.39, 0.29) is 18.9 Å². The lowest BCUT2D eigenvalue weighted by atomic mass is 9.98. The van der Waals surface area contributed by atoms with E-state index in [1.807, 2.05) is 39.0 Å². The lowest BCUT2D eigenvalue weighted by Gasteiger charge is -2.24. The molecule has 1 aromatic carbocycles. The highest BCUT2D eigenvalue weighted by atomic mass is 16.7. The van der Waals surface area contributed by atoms with Gasteiger partial charge in [-0.25, -0.2) is 0 Å². The summed E-state index contributed by atoms with van der Waals surface area (Å²) < 4.78 is 16.8. The second-order valence-corrected chi connectivity index (χ2v) is 7.96. The number of fused-ring (bicyclic) bond motifs is 1. The number of nitrogens with zero attached hydrogens (tertiary/aromatic N) is 1. The summed E-state index contributed by atoms with van der Waals surface area (Å²) in [4.78, 5) is 14.2. The van der Waals surface area contributed by atoms with E-state index in [1.165, 1.54) is 0 Å². The fourth-order valence-electron chi connectivity index (χ4n) is 3.07. The van der Waals surface area contributed by atoms with Crippen molar-refractivity contribution in [1.82, 2.24) is 4.90 Å². The summed E-state index contributed by atoms with van der Waals surface area (Å²) in [7, 11) is 0. The van der Waals surface area contributed by atoms with E-state index in [0.29, 0.717) is 5.75 Å². The number of rotatable bonds is 9. The van der Waals surface area contributed by atoms with Crippen LogP contribution >= 0.6 is 0 Å². The molecule has 1 aliphatic rings. The van der Waals surface area contributed by atoms with Crippen LogP contribution in [0, 0.1) is 5.41 Å². The Balaban J connectivity index is 1.86. The van der Waals surface area contributed by atoms with Crippen LogP contribution in [-0.4, -0.2) is 43.4 Å². The van der Waals surface area contributed by atoms with Crippen LogP contribution in [0.3, 0.4) is 0 Å². The van der Waals surface area contributed by atoms with Gasteiger partial charge in [0.15, 0.2) is 0 Å². The molecule has 0 aliphatic carbocycles. The van der Waals surface area contributed by atoms with Gasteiger partial charge in [0.25, 0.3) is 0 Å². The van der Waals surface area contributed by atoms with Gasteiger partial charge in [0.05, 0.1) is 5.41 Å². The zero-order valence-corrected chi connectivity index (χ0v) is 16.8. The molecule has 1 aromatic rings. The van der Waals surface area contributed by atoms with Crippen LogP contribution < -0.4 is 9.47 Å². The number of hydrogen-bond donors (Lipinski definition) is 0. The summed E-state index contributed by atoms with van der Waals surface area (Å²) >= 11 is 0. The van der Waals surface area contributed by atoms with Crippen molar-refractivity contribution in [2.75, 3.05) is 26.4 Å². The maximum atomic E-state index is 11.8. The summed E-state index contributed by atoms with van der Waals surface area (Å²) in [6.07, 6.45) is 3.39. The second-order valence-electron chi connectivity index (χ2n) is 7.96. The van der Waals surface area contributed by atoms with Gasteiger partial charge in [-0.1, -0.05) is 13.8 Å². The fraction of sp³-hybridized carbons (Fsp3) is 0.667. The molecule has 1 unspecified atom stereocenters. The van der Waals surface area contributed by atoms with Crippen molar-refractivity contribution in [1.29, 1.82) is 0 Å². The van der Waals surface area contributed by atoms with E-state index in [9.17, 15) is 4.79 Å². The largest absolute Gasteiger partial charge is 0.488 e. The first-order valence-corrected chi connectivity index (χ1v) is 9.65. The van der Waals surface area contributed by atoms with Gasteiger partial charge in [-0.3, -0.25) is 9.69 Å². The lowest BCUT2D eigenvalue weighted by Crippen LogP contribution is -2.35. The summed E-state index contributed by atoms with van der Waals surface area (Å²) in [5.41, 5.74) is 0.633. The smallest absolute Gasteiger partial charge is 0.314 e. The Hall–Kier alpha value is -1.75. The first kappa shape index (κ1) is 20.6. The Labute approximate surface area is 157 Å². The van der Waals surface area contributed by atoms with Gasteiger partial charge in [-0.05, 0) is 64.9 Å². The highest BCUT2D eigenvalue weighted by Gasteiger charge is 2.26. The zero-order chi connectivity index (χ0) is 19.2. The van der Waals surface area contributed by atoms with Gasteiger partial charge in [0.2, 0.25) is 6.79 Å². The van der Waals surface area contributed by atoms with Crippen LogP contribution in [-0.2, 0) is 16.0 Å². The predicted molar refractivity (Wildman–Crippen MR) is 103 cm³/mol. The quantitative estimate of drug-likeness (QED) is 0.489. The molecule has 2 rings (SSSR count). The van der Waals surface area contributed by atoms with Crippen molar-refractivity contribution >= 4 is 5.97 Å². The van der Waals surface area contributed by atoms with Crippen molar-refractivity contribution in [2.24, 2.45) is 5.41 Å². The molecule has 0 amide bonds. The Morgan fingerprint density at radius 2 is 1.92 bits per heavy atom. The molecule has 0 saturated carbocycles. The summed E-state index contributed by atoms with van der Waals surface area (Å²) in [5, 5.41) is 0. The van der Waals surface area contributed by atoms with Crippen molar-refractivity contribution in [3.8, 4) is 11.5 Å². The van der Waals surface area contributed by atoms with Gasteiger partial charge in [-0.15, -0.1) is 0 Å². The molecule has 0 radical (unpaired) electrons. The standard InChI is InChI=1S/C21H33NO4/c1-6-10-22(11-7-2)14-18-13-16-12-17(8-9-19(16)26-18)24-15-25-20(23)21(3,4)5/h8-9,12,18H,6-7,10-11,13-15H2,1-5H3. The van der Waals surface area contributed by atoms with Crippen LogP contribution in [0.25, 0.3) is 0 Å². The van der Waals surface area contributed by atoms with Crippen molar-refractivity contribution in [3.63, 3.8) is 0 Å². The molecule has 0 fully saturated rings. The highest BCUT2D eigenvalue weighted by molar-refractivity contribution is 5.75. The van der Waals surface area contributed by atoms with Gasteiger partial charge < -0.3 is 14.2 Å². The summed E-state index contributed by atoms with van der Waals surface area (Å²) in [5.74, 6) is 1.37. The first-order chi connectivity index (χ1) is 12.3.